The van der Waals surface area contributed by atoms with Crippen LogP contribution >= 0.6 is 0 Å². The van der Waals surface area contributed by atoms with Crippen LogP contribution in [0.5, 0.6) is 0 Å². The molecule has 0 N–H and O–H groups in total. The fraction of sp³-hybridized carbons (Fsp3) is 0.632. The lowest BCUT2D eigenvalue weighted by molar-refractivity contribution is 0.122. The Morgan fingerprint density at radius 3 is 2.33 bits per heavy atom. The Labute approximate surface area is 160 Å². The molecule has 8 nitrogen and oxygen atoms in total. The minimum Gasteiger partial charge on any atom is -0.378 e. The molecule has 8 heteroatoms. The Kier molecular flexibility index (Phi) is 5.27. The van der Waals surface area contributed by atoms with Crippen molar-refractivity contribution >= 4 is 11.8 Å². The van der Waals surface area contributed by atoms with E-state index in [2.05, 4.69) is 50.8 Å². The maximum Gasteiger partial charge on any atom is 0.227 e. The van der Waals surface area contributed by atoms with Gasteiger partial charge in [0, 0.05) is 70.3 Å². The summed E-state index contributed by atoms with van der Waals surface area (Å²) in [7, 11) is 2.00. The minimum absolute atomic E-state index is 0.748. The summed E-state index contributed by atoms with van der Waals surface area (Å²) in [4.78, 5) is 16.6. The lowest BCUT2D eigenvalue weighted by Crippen LogP contribution is -2.46. The molecule has 4 rings (SSSR count). The molecule has 0 aliphatic carbocycles. The zero-order valence-corrected chi connectivity index (χ0v) is 16.6. The molecule has 0 aromatic carbocycles. The van der Waals surface area contributed by atoms with Crippen molar-refractivity contribution in [2.24, 2.45) is 7.05 Å². The molecule has 2 aromatic heterocycles. The standard InChI is InChI=1S/C19H29N7O/c1-15-12-18(21-19(20-15)26-8-10-27-11-9-26)25-6-4-24(5-7-25)14-17-13-16(2)23(3)22-17/h12-13H,4-11,14H2,1-3H3. The molecule has 2 aromatic rings. The molecule has 146 valence electrons. The van der Waals surface area contributed by atoms with E-state index in [1.165, 1.54) is 5.69 Å². The number of hydrogen-bond donors (Lipinski definition) is 0. The first-order valence-electron chi connectivity index (χ1n) is 9.74. The van der Waals surface area contributed by atoms with Crippen molar-refractivity contribution in [2.45, 2.75) is 20.4 Å². The van der Waals surface area contributed by atoms with E-state index in [0.29, 0.717) is 0 Å². The Balaban J connectivity index is 1.39. The molecule has 0 atom stereocenters. The number of rotatable bonds is 4. The van der Waals surface area contributed by atoms with Crippen LogP contribution in [0.2, 0.25) is 0 Å². The summed E-state index contributed by atoms with van der Waals surface area (Å²) in [5.74, 6) is 1.87. The summed E-state index contributed by atoms with van der Waals surface area (Å²) in [5.41, 5.74) is 3.37. The average molecular weight is 371 g/mol. The second kappa shape index (κ2) is 7.82. The van der Waals surface area contributed by atoms with Crippen LogP contribution in [0.3, 0.4) is 0 Å². The maximum absolute atomic E-state index is 5.45. The number of aromatic nitrogens is 4. The lowest BCUT2D eigenvalue weighted by Gasteiger charge is -2.35. The third-order valence-electron chi connectivity index (χ3n) is 5.37. The number of piperazine rings is 1. The molecule has 0 saturated carbocycles. The van der Waals surface area contributed by atoms with E-state index in [9.17, 15) is 0 Å². The van der Waals surface area contributed by atoms with Crippen molar-refractivity contribution in [2.75, 3.05) is 62.3 Å². The zero-order valence-electron chi connectivity index (χ0n) is 16.6. The summed E-state index contributed by atoms with van der Waals surface area (Å²) in [5, 5.41) is 4.58. The zero-order chi connectivity index (χ0) is 18.8. The maximum atomic E-state index is 5.45. The van der Waals surface area contributed by atoms with Gasteiger partial charge in [0.1, 0.15) is 5.82 Å². The van der Waals surface area contributed by atoms with E-state index >= 15 is 0 Å². The van der Waals surface area contributed by atoms with Crippen molar-refractivity contribution in [1.82, 2.24) is 24.6 Å². The number of anilines is 2. The van der Waals surface area contributed by atoms with E-state index in [1.54, 1.807) is 0 Å². The molecule has 0 unspecified atom stereocenters. The van der Waals surface area contributed by atoms with Crippen LogP contribution in [0.4, 0.5) is 11.8 Å². The van der Waals surface area contributed by atoms with Crippen LogP contribution in [0.1, 0.15) is 17.1 Å². The van der Waals surface area contributed by atoms with Crippen LogP contribution in [-0.2, 0) is 18.3 Å². The van der Waals surface area contributed by atoms with Gasteiger partial charge in [0.2, 0.25) is 5.95 Å². The molecule has 2 fully saturated rings. The first-order valence-corrected chi connectivity index (χ1v) is 9.74. The summed E-state index contributed by atoms with van der Waals surface area (Å²) in [6, 6.07) is 4.27. The van der Waals surface area contributed by atoms with Crippen LogP contribution in [0, 0.1) is 13.8 Å². The quantitative estimate of drug-likeness (QED) is 0.794. The van der Waals surface area contributed by atoms with Crippen LogP contribution in [-0.4, -0.2) is 77.1 Å². The van der Waals surface area contributed by atoms with Crippen LogP contribution < -0.4 is 9.80 Å². The topological polar surface area (TPSA) is 62.5 Å². The number of morpholine rings is 1. The lowest BCUT2D eigenvalue weighted by atomic mass is 10.2. The highest BCUT2D eigenvalue weighted by Gasteiger charge is 2.21. The fourth-order valence-electron chi connectivity index (χ4n) is 3.68. The largest absolute Gasteiger partial charge is 0.378 e. The van der Waals surface area contributed by atoms with Gasteiger partial charge in [-0.2, -0.15) is 10.1 Å². The van der Waals surface area contributed by atoms with Gasteiger partial charge in [-0.15, -0.1) is 0 Å². The number of hydrogen-bond acceptors (Lipinski definition) is 7. The molecule has 0 spiro atoms. The van der Waals surface area contributed by atoms with Gasteiger partial charge in [-0.25, -0.2) is 4.98 Å². The molecule has 2 saturated heterocycles. The fourth-order valence-corrected chi connectivity index (χ4v) is 3.68. The monoisotopic (exact) mass is 371 g/mol. The molecular weight excluding hydrogens is 342 g/mol. The Morgan fingerprint density at radius 2 is 1.67 bits per heavy atom. The average Bonchev–Trinajstić information content (AvgIpc) is 2.99. The van der Waals surface area contributed by atoms with Crippen molar-refractivity contribution in [1.29, 1.82) is 0 Å². The van der Waals surface area contributed by atoms with Gasteiger partial charge in [-0.1, -0.05) is 0 Å². The number of ether oxygens (including phenoxy) is 1. The van der Waals surface area contributed by atoms with Gasteiger partial charge >= 0.3 is 0 Å². The Bertz CT molecular complexity index is 757. The summed E-state index contributed by atoms with van der Waals surface area (Å²) in [6.45, 7) is 12.3. The van der Waals surface area contributed by atoms with Gasteiger partial charge in [0.15, 0.2) is 0 Å². The second-order valence-electron chi connectivity index (χ2n) is 7.43. The van der Waals surface area contributed by atoms with E-state index in [-0.39, 0.29) is 0 Å². The van der Waals surface area contributed by atoms with E-state index in [4.69, 9.17) is 9.72 Å². The van der Waals surface area contributed by atoms with E-state index in [1.807, 2.05) is 11.7 Å². The molecule has 27 heavy (non-hydrogen) atoms. The van der Waals surface area contributed by atoms with E-state index < -0.39 is 0 Å². The molecule has 0 bridgehead atoms. The van der Waals surface area contributed by atoms with Gasteiger partial charge in [0.05, 0.1) is 18.9 Å². The summed E-state index contributed by atoms with van der Waals surface area (Å²) >= 11 is 0. The molecule has 0 amide bonds. The molecule has 2 aliphatic heterocycles. The summed E-state index contributed by atoms with van der Waals surface area (Å²) < 4.78 is 7.39. The van der Waals surface area contributed by atoms with Crippen LogP contribution in [0.15, 0.2) is 12.1 Å². The first-order chi connectivity index (χ1) is 13.1. The van der Waals surface area contributed by atoms with Crippen molar-refractivity contribution < 1.29 is 4.74 Å². The second-order valence-corrected chi connectivity index (χ2v) is 7.43. The molecule has 4 heterocycles. The highest BCUT2D eigenvalue weighted by molar-refractivity contribution is 5.46. The smallest absolute Gasteiger partial charge is 0.227 e. The van der Waals surface area contributed by atoms with Crippen molar-refractivity contribution in [3.63, 3.8) is 0 Å². The Hall–Kier alpha value is -2.19. The van der Waals surface area contributed by atoms with Crippen LogP contribution in [0.25, 0.3) is 0 Å². The van der Waals surface area contributed by atoms with Gasteiger partial charge < -0.3 is 14.5 Å². The molecule has 2 aliphatic rings. The SMILES string of the molecule is Cc1cc(N2CCN(Cc3cc(C)n(C)n3)CC2)nc(N2CCOCC2)n1. The molecule has 0 radical (unpaired) electrons. The third kappa shape index (κ3) is 4.22. The minimum atomic E-state index is 0.748. The number of nitrogens with zero attached hydrogens (tertiary/aromatic N) is 7. The molecular formula is C19H29N7O. The highest BCUT2D eigenvalue weighted by Crippen LogP contribution is 2.20. The normalized spacial score (nSPS) is 18.9. The predicted molar refractivity (Wildman–Crippen MR) is 105 cm³/mol. The highest BCUT2D eigenvalue weighted by atomic mass is 16.5. The summed E-state index contributed by atoms with van der Waals surface area (Å²) in [6.07, 6.45) is 0. The van der Waals surface area contributed by atoms with Crippen molar-refractivity contribution in [3.8, 4) is 0 Å². The van der Waals surface area contributed by atoms with Gasteiger partial charge in [-0.05, 0) is 19.9 Å². The van der Waals surface area contributed by atoms with Gasteiger partial charge in [-0.3, -0.25) is 9.58 Å². The number of aryl methyl sites for hydroxylation is 3. The third-order valence-corrected chi connectivity index (χ3v) is 5.37. The Morgan fingerprint density at radius 1 is 0.926 bits per heavy atom. The first kappa shape index (κ1) is 18.2. The van der Waals surface area contributed by atoms with Gasteiger partial charge in [0.25, 0.3) is 0 Å². The van der Waals surface area contributed by atoms with E-state index in [0.717, 1.165) is 82.2 Å². The predicted octanol–water partition coefficient (Wildman–Crippen LogP) is 0.986. The van der Waals surface area contributed by atoms with Crippen molar-refractivity contribution in [3.05, 3.63) is 29.2 Å².